The third-order valence-electron chi connectivity index (χ3n) is 1.98. The predicted octanol–water partition coefficient (Wildman–Crippen LogP) is 2.82. The van der Waals surface area contributed by atoms with Crippen LogP contribution < -0.4 is 5.73 Å². The summed E-state index contributed by atoms with van der Waals surface area (Å²) in [5.74, 6) is -0.364. The van der Waals surface area contributed by atoms with Gasteiger partial charge in [-0.3, -0.25) is 0 Å². The molecular formula is C11H12F3N. The first-order chi connectivity index (χ1) is 6.92. The molecule has 1 aromatic rings. The van der Waals surface area contributed by atoms with Crippen LogP contribution in [-0.4, -0.2) is 12.0 Å². The smallest absolute Gasteiger partial charge is 0.259 e. The first-order valence-corrected chi connectivity index (χ1v) is 4.43. The zero-order valence-electron chi connectivity index (χ0n) is 8.25. The van der Waals surface area contributed by atoms with Gasteiger partial charge in [-0.1, -0.05) is 24.3 Å². The van der Waals surface area contributed by atoms with Gasteiger partial charge in [0, 0.05) is 0 Å². The fourth-order valence-electron chi connectivity index (χ4n) is 0.922. The highest BCUT2D eigenvalue weighted by atomic mass is 19.3. The second-order valence-electron chi connectivity index (χ2n) is 3.55. The Labute approximate surface area is 86.4 Å². The first kappa shape index (κ1) is 11.8. The molecule has 2 N–H and O–H groups in total. The maximum atomic E-state index is 12.5. The molecule has 0 aromatic heterocycles. The lowest BCUT2D eigenvalue weighted by Gasteiger charge is -2.18. The van der Waals surface area contributed by atoms with Gasteiger partial charge in [-0.2, -0.15) is 0 Å². The maximum Gasteiger partial charge on any atom is 0.259 e. The second-order valence-corrected chi connectivity index (χ2v) is 3.55. The quantitative estimate of drug-likeness (QED) is 0.824. The molecule has 0 amide bonds. The molecule has 1 unspecified atom stereocenters. The zero-order valence-corrected chi connectivity index (χ0v) is 8.25. The van der Waals surface area contributed by atoms with E-state index in [2.05, 4.69) is 0 Å². The molecule has 1 rings (SSSR count). The summed E-state index contributed by atoms with van der Waals surface area (Å²) in [6.45, 7) is 1.23. The van der Waals surface area contributed by atoms with Crippen LogP contribution in [0.5, 0.6) is 0 Å². The van der Waals surface area contributed by atoms with Crippen LogP contribution in [0.2, 0.25) is 0 Å². The van der Waals surface area contributed by atoms with E-state index >= 15 is 0 Å². The molecule has 1 nitrogen and oxygen atoms in total. The Morgan fingerprint density at radius 3 is 2.27 bits per heavy atom. The predicted molar refractivity (Wildman–Crippen MR) is 54.0 cm³/mol. The van der Waals surface area contributed by atoms with Crippen LogP contribution >= 0.6 is 0 Å². The van der Waals surface area contributed by atoms with Crippen molar-refractivity contribution in [3.63, 3.8) is 0 Å². The lowest BCUT2D eigenvalue weighted by atomic mass is 10.0. The standard InChI is InChI=1S/C11H12F3N/c1-11(15,10(13)14)7-6-8-2-4-9(12)5-3-8/h2-7,10H,15H2,1H3/b7-6+. The Hall–Kier alpha value is -1.29. The van der Waals surface area contributed by atoms with Gasteiger partial charge in [-0.25, -0.2) is 13.2 Å². The molecule has 0 aliphatic carbocycles. The maximum absolute atomic E-state index is 12.5. The molecule has 0 aliphatic rings. The number of alkyl halides is 2. The van der Waals surface area contributed by atoms with E-state index in [9.17, 15) is 13.2 Å². The van der Waals surface area contributed by atoms with Crippen LogP contribution in [-0.2, 0) is 0 Å². The summed E-state index contributed by atoms with van der Waals surface area (Å²) < 4.78 is 37.2. The van der Waals surface area contributed by atoms with Crippen molar-refractivity contribution in [1.29, 1.82) is 0 Å². The van der Waals surface area contributed by atoms with Crippen molar-refractivity contribution in [3.8, 4) is 0 Å². The molecule has 0 saturated carbocycles. The van der Waals surface area contributed by atoms with Gasteiger partial charge in [0.05, 0.1) is 5.54 Å². The fourth-order valence-corrected chi connectivity index (χ4v) is 0.922. The number of benzene rings is 1. The summed E-state index contributed by atoms with van der Waals surface area (Å²) in [5.41, 5.74) is 4.30. The topological polar surface area (TPSA) is 26.0 Å². The molecule has 0 heterocycles. The molecule has 1 aromatic carbocycles. The van der Waals surface area contributed by atoms with Gasteiger partial charge in [-0.15, -0.1) is 0 Å². The van der Waals surface area contributed by atoms with Crippen molar-refractivity contribution in [2.24, 2.45) is 5.73 Å². The van der Waals surface area contributed by atoms with Crippen molar-refractivity contribution in [1.82, 2.24) is 0 Å². The highest BCUT2D eigenvalue weighted by Gasteiger charge is 2.26. The SMILES string of the molecule is CC(N)(/C=C/c1ccc(F)cc1)C(F)F. The molecule has 4 heteroatoms. The van der Waals surface area contributed by atoms with Crippen molar-refractivity contribution in [2.45, 2.75) is 18.9 Å². The molecule has 15 heavy (non-hydrogen) atoms. The molecule has 0 bridgehead atoms. The van der Waals surface area contributed by atoms with E-state index in [1.165, 1.54) is 43.3 Å². The Bertz CT molecular complexity index is 341. The van der Waals surface area contributed by atoms with E-state index < -0.39 is 12.0 Å². The second kappa shape index (κ2) is 4.49. The Kier molecular flexibility index (Phi) is 3.52. The van der Waals surface area contributed by atoms with Gasteiger partial charge in [0.1, 0.15) is 5.82 Å². The molecule has 0 saturated heterocycles. The van der Waals surface area contributed by atoms with Crippen LogP contribution in [0.25, 0.3) is 6.08 Å². The van der Waals surface area contributed by atoms with E-state index in [-0.39, 0.29) is 5.82 Å². The molecule has 0 spiro atoms. The highest BCUT2D eigenvalue weighted by Crippen LogP contribution is 2.15. The van der Waals surface area contributed by atoms with Gasteiger partial charge >= 0.3 is 0 Å². The minimum atomic E-state index is -2.63. The Morgan fingerprint density at radius 1 is 1.27 bits per heavy atom. The van der Waals surface area contributed by atoms with Gasteiger partial charge in [0.25, 0.3) is 6.43 Å². The van der Waals surface area contributed by atoms with E-state index in [1.807, 2.05) is 0 Å². The number of rotatable bonds is 3. The Balaban J connectivity index is 2.77. The van der Waals surface area contributed by atoms with E-state index in [0.717, 1.165) is 0 Å². The number of hydrogen-bond acceptors (Lipinski definition) is 1. The summed E-state index contributed by atoms with van der Waals surface area (Å²) in [6, 6.07) is 5.51. The fraction of sp³-hybridized carbons (Fsp3) is 0.273. The Morgan fingerprint density at radius 2 is 1.80 bits per heavy atom. The number of hydrogen-bond donors (Lipinski definition) is 1. The molecule has 1 atom stereocenters. The van der Waals surface area contributed by atoms with Crippen molar-refractivity contribution in [2.75, 3.05) is 0 Å². The third-order valence-corrected chi connectivity index (χ3v) is 1.98. The molecule has 82 valence electrons. The summed E-state index contributed by atoms with van der Waals surface area (Å²) in [4.78, 5) is 0. The van der Waals surface area contributed by atoms with Crippen LogP contribution in [0.1, 0.15) is 12.5 Å². The lowest BCUT2D eigenvalue weighted by Crippen LogP contribution is -2.41. The summed E-state index contributed by atoms with van der Waals surface area (Å²) in [6.07, 6.45) is 0.0328. The molecule has 0 fully saturated rings. The monoisotopic (exact) mass is 215 g/mol. The minimum absolute atomic E-state index is 0.364. The van der Waals surface area contributed by atoms with Crippen molar-refractivity contribution >= 4 is 6.08 Å². The first-order valence-electron chi connectivity index (χ1n) is 4.43. The van der Waals surface area contributed by atoms with E-state index in [0.29, 0.717) is 5.56 Å². The average molecular weight is 215 g/mol. The highest BCUT2D eigenvalue weighted by molar-refractivity contribution is 5.50. The average Bonchev–Trinajstić information content (AvgIpc) is 2.17. The molecule has 0 aliphatic heterocycles. The van der Waals surface area contributed by atoms with E-state index in [4.69, 9.17) is 5.73 Å². The zero-order chi connectivity index (χ0) is 11.5. The molecular weight excluding hydrogens is 203 g/mol. The van der Waals surface area contributed by atoms with Gasteiger partial charge in [0.2, 0.25) is 0 Å². The van der Waals surface area contributed by atoms with Gasteiger partial charge < -0.3 is 5.73 Å². The summed E-state index contributed by atoms with van der Waals surface area (Å²) in [7, 11) is 0. The molecule has 0 radical (unpaired) electrons. The normalized spacial score (nSPS) is 15.9. The van der Waals surface area contributed by atoms with Crippen LogP contribution in [0.3, 0.4) is 0 Å². The van der Waals surface area contributed by atoms with E-state index in [1.54, 1.807) is 0 Å². The number of halogens is 3. The third kappa shape index (κ3) is 3.40. The van der Waals surface area contributed by atoms with Crippen LogP contribution in [0.15, 0.2) is 30.3 Å². The minimum Gasteiger partial charge on any atom is -0.317 e. The van der Waals surface area contributed by atoms with Gasteiger partial charge in [-0.05, 0) is 24.6 Å². The largest absolute Gasteiger partial charge is 0.317 e. The number of nitrogens with two attached hydrogens (primary N) is 1. The van der Waals surface area contributed by atoms with Gasteiger partial charge in [0.15, 0.2) is 0 Å². The van der Waals surface area contributed by atoms with Crippen molar-refractivity contribution < 1.29 is 13.2 Å². The lowest BCUT2D eigenvalue weighted by molar-refractivity contribution is 0.0889. The van der Waals surface area contributed by atoms with Crippen molar-refractivity contribution in [3.05, 3.63) is 41.7 Å². The summed E-state index contributed by atoms with van der Waals surface area (Å²) in [5, 5.41) is 0. The summed E-state index contributed by atoms with van der Waals surface area (Å²) >= 11 is 0. The van der Waals surface area contributed by atoms with Crippen LogP contribution in [0.4, 0.5) is 13.2 Å². The van der Waals surface area contributed by atoms with Crippen LogP contribution in [0, 0.1) is 5.82 Å².